The zero-order valence-corrected chi connectivity index (χ0v) is 8.72. The standard InChI is InChI=1S/C12H9FN2O2/c13-8-4-5-10(9(7-8)12(16)17)15-11-3-1-2-6-14-11/h1-7H,(H,14,15)(H,16,17). The van der Waals surface area contributed by atoms with Gasteiger partial charge in [-0.05, 0) is 30.3 Å². The molecule has 1 heterocycles. The fourth-order valence-electron chi connectivity index (χ4n) is 1.38. The predicted octanol–water partition coefficient (Wildman–Crippen LogP) is 2.66. The monoisotopic (exact) mass is 232 g/mol. The molecule has 0 atom stereocenters. The molecule has 1 aromatic heterocycles. The first-order valence-electron chi connectivity index (χ1n) is 4.88. The van der Waals surface area contributed by atoms with E-state index < -0.39 is 11.8 Å². The van der Waals surface area contributed by atoms with Gasteiger partial charge < -0.3 is 10.4 Å². The van der Waals surface area contributed by atoms with Gasteiger partial charge in [0.05, 0.1) is 11.3 Å². The zero-order chi connectivity index (χ0) is 12.3. The normalized spacial score (nSPS) is 9.94. The summed E-state index contributed by atoms with van der Waals surface area (Å²) in [4.78, 5) is 14.9. The van der Waals surface area contributed by atoms with Crippen molar-refractivity contribution in [3.63, 3.8) is 0 Å². The van der Waals surface area contributed by atoms with Crippen LogP contribution in [0, 0.1) is 5.82 Å². The molecule has 2 N–H and O–H groups in total. The quantitative estimate of drug-likeness (QED) is 0.853. The number of rotatable bonds is 3. The van der Waals surface area contributed by atoms with Crippen molar-refractivity contribution < 1.29 is 14.3 Å². The molecule has 0 saturated carbocycles. The number of carboxylic acids is 1. The molecule has 0 aliphatic rings. The number of benzene rings is 1. The molecule has 0 unspecified atom stereocenters. The maximum atomic E-state index is 12.9. The summed E-state index contributed by atoms with van der Waals surface area (Å²) in [5, 5.41) is 11.8. The number of nitrogens with zero attached hydrogens (tertiary/aromatic N) is 1. The second kappa shape index (κ2) is 4.61. The van der Waals surface area contributed by atoms with E-state index in [1.54, 1.807) is 24.4 Å². The molecule has 0 aliphatic heterocycles. The Bertz CT molecular complexity index is 543. The van der Waals surface area contributed by atoms with Gasteiger partial charge in [-0.15, -0.1) is 0 Å². The molecule has 0 aliphatic carbocycles. The van der Waals surface area contributed by atoms with Crippen molar-refractivity contribution in [1.29, 1.82) is 0 Å². The zero-order valence-electron chi connectivity index (χ0n) is 8.72. The van der Waals surface area contributed by atoms with Crippen molar-refractivity contribution in [3.05, 3.63) is 54.0 Å². The van der Waals surface area contributed by atoms with E-state index in [2.05, 4.69) is 10.3 Å². The largest absolute Gasteiger partial charge is 0.478 e. The van der Waals surface area contributed by atoms with Gasteiger partial charge in [-0.25, -0.2) is 14.2 Å². The molecule has 5 heteroatoms. The Morgan fingerprint density at radius 2 is 2.12 bits per heavy atom. The maximum absolute atomic E-state index is 12.9. The molecule has 1 aromatic carbocycles. The first kappa shape index (κ1) is 11.1. The minimum atomic E-state index is -1.19. The number of carbonyl (C=O) groups is 1. The summed E-state index contributed by atoms with van der Waals surface area (Å²) in [6.07, 6.45) is 1.58. The molecule has 0 amide bonds. The van der Waals surface area contributed by atoms with Crippen LogP contribution >= 0.6 is 0 Å². The SMILES string of the molecule is O=C(O)c1cc(F)ccc1Nc1ccccn1. The van der Waals surface area contributed by atoms with E-state index >= 15 is 0 Å². The summed E-state index contributed by atoms with van der Waals surface area (Å²) in [7, 11) is 0. The van der Waals surface area contributed by atoms with Crippen LogP contribution in [0.3, 0.4) is 0 Å². The lowest BCUT2D eigenvalue weighted by Crippen LogP contribution is -2.04. The van der Waals surface area contributed by atoms with Crippen LogP contribution in [0.2, 0.25) is 0 Å². The topological polar surface area (TPSA) is 62.2 Å². The molecule has 17 heavy (non-hydrogen) atoms. The molecule has 0 radical (unpaired) electrons. The average Bonchev–Trinajstić information content (AvgIpc) is 2.32. The van der Waals surface area contributed by atoms with E-state index in [-0.39, 0.29) is 5.56 Å². The average molecular weight is 232 g/mol. The van der Waals surface area contributed by atoms with Crippen LogP contribution in [0.15, 0.2) is 42.6 Å². The highest BCUT2D eigenvalue weighted by molar-refractivity contribution is 5.95. The lowest BCUT2D eigenvalue weighted by molar-refractivity contribution is 0.0697. The molecule has 0 saturated heterocycles. The van der Waals surface area contributed by atoms with E-state index in [0.717, 1.165) is 6.07 Å². The number of hydrogen-bond donors (Lipinski definition) is 2. The first-order chi connectivity index (χ1) is 8.16. The summed E-state index contributed by atoms with van der Waals surface area (Å²) in [6, 6.07) is 8.72. The van der Waals surface area contributed by atoms with Crippen LogP contribution in [0.4, 0.5) is 15.9 Å². The number of aromatic carboxylic acids is 1. The molecule has 0 spiro atoms. The molecular formula is C12H9FN2O2. The smallest absolute Gasteiger partial charge is 0.337 e. The summed E-state index contributed by atoms with van der Waals surface area (Å²) in [6.45, 7) is 0. The van der Waals surface area contributed by atoms with Gasteiger partial charge in [-0.2, -0.15) is 0 Å². The van der Waals surface area contributed by atoms with Gasteiger partial charge in [0.25, 0.3) is 0 Å². The third kappa shape index (κ3) is 2.57. The van der Waals surface area contributed by atoms with Crippen LogP contribution in [0.1, 0.15) is 10.4 Å². The number of anilines is 2. The maximum Gasteiger partial charge on any atom is 0.337 e. The van der Waals surface area contributed by atoms with Gasteiger partial charge in [0.2, 0.25) is 0 Å². The van der Waals surface area contributed by atoms with Gasteiger partial charge in [0.1, 0.15) is 11.6 Å². The summed E-state index contributed by atoms with van der Waals surface area (Å²) in [5.74, 6) is -1.28. The molecule has 86 valence electrons. The second-order valence-electron chi connectivity index (χ2n) is 3.34. The Kier molecular flexibility index (Phi) is 3.00. The van der Waals surface area contributed by atoms with Crippen molar-refractivity contribution >= 4 is 17.5 Å². The number of pyridine rings is 1. The van der Waals surface area contributed by atoms with Gasteiger partial charge in [0, 0.05) is 6.20 Å². The fraction of sp³-hybridized carbons (Fsp3) is 0. The Balaban J connectivity index is 2.36. The van der Waals surface area contributed by atoms with Crippen LogP contribution < -0.4 is 5.32 Å². The first-order valence-corrected chi connectivity index (χ1v) is 4.88. The lowest BCUT2D eigenvalue weighted by Gasteiger charge is -2.08. The highest BCUT2D eigenvalue weighted by atomic mass is 19.1. The van der Waals surface area contributed by atoms with Crippen LogP contribution in [-0.4, -0.2) is 16.1 Å². The van der Waals surface area contributed by atoms with Gasteiger partial charge in [-0.3, -0.25) is 0 Å². The summed E-state index contributed by atoms with van der Waals surface area (Å²) in [5.41, 5.74) is 0.174. The van der Waals surface area contributed by atoms with Crippen molar-refractivity contribution in [2.24, 2.45) is 0 Å². The van der Waals surface area contributed by atoms with Gasteiger partial charge in [-0.1, -0.05) is 6.07 Å². The Labute approximate surface area is 96.7 Å². The number of hydrogen-bond acceptors (Lipinski definition) is 3. The van der Waals surface area contributed by atoms with Crippen LogP contribution in [0.5, 0.6) is 0 Å². The third-order valence-corrected chi connectivity index (χ3v) is 2.14. The van der Waals surface area contributed by atoms with E-state index in [4.69, 9.17) is 5.11 Å². The minimum absolute atomic E-state index is 0.129. The number of aromatic nitrogens is 1. The van der Waals surface area contributed by atoms with Crippen molar-refractivity contribution in [1.82, 2.24) is 4.98 Å². The van der Waals surface area contributed by atoms with E-state index in [0.29, 0.717) is 11.5 Å². The fourth-order valence-corrected chi connectivity index (χ4v) is 1.38. The van der Waals surface area contributed by atoms with Crippen LogP contribution in [0.25, 0.3) is 0 Å². The second-order valence-corrected chi connectivity index (χ2v) is 3.34. The highest BCUT2D eigenvalue weighted by Crippen LogP contribution is 2.20. The van der Waals surface area contributed by atoms with Crippen LogP contribution in [-0.2, 0) is 0 Å². The van der Waals surface area contributed by atoms with E-state index in [9.17, 15) is 9.18 Å². The molecule has 2 aromatic rings. The Morgan fingerprint density at radius 3 is 2.76 bits per heavy atom. The van der Waals surface area contributed by atoms with E-state index in [1.165, 1.54) is 12.1 Å². The summed E-state index contributed by atoms with van der Waals surface area (Å²) < 4.78 is 12.9. The Morgan fingerprint density at radius 1 is 1.29 bits per heavy atom. The molecule has 0 fully saturated rings. The number of carboxylic acid groups (broad SMARTS) is 1. The molecule has 0 bridgehead atoms. The molecule has 4 nitrogen and oxygen atoms in total. The third-order valence-electron chi connectivity index (χ3n) is 2.14. The van der Waals surface area contributed by atoms with Crippen molar-refractivity contribution in [2.75, 3.05) is 5.32 Å². The van der Waals surface area contributed by atoms with Gasteiger partial charge >= 0.3 is 5.97 Å². The van der Waals surface area contributed by atoms with Gasteiger partial charge in [0.15, 0.2) is 0 Å². The number of nitrogens with one attached hydrogen (secondary N) is 1. The van der Waals surface area contributed by atoms with Crippen molar-refractivity contribution in [3.8, 4) is 0 Å². The van der Waals surface area contributed by atoms with E-state index in [1.807, 2.05) is 0 Å². The molecule has 2 rings (SSSR count). The predicted molar refractivity (Wildman–Crippen MR) is 60.9 cm³/mol. The lowest BCUT2D eigenvalue weighted by atomic mass is 10.1. The number of halogens is 1. The van der Waals surface area contributed by atoms with Crippen molar-refractivity contribution in [2.45, 2.75) is 0 Å². The highest BCUT2D eigenvalue weighted by Gasteiger charge is 2.11. The summed E-state index contributed by atoms with van der Waals surface area (Å²) >= 11 is 0. The Hall–Kier alpha value is -2.43. The molecular weight excluding hydrogens is 223 g/mol. The minimum Gasteiger partial charge on any atom is -0.478 e.